The molecule has 0 saturated heterocycles. The van der Waals surface area contributed by atoms with Gasteiger partial charge in [0, 0.05) is 12.4 Å². The van der Waals surface area contributed by atoms with Crippen molar-refractivity contribution in [1.29, 1.82) is 0 Å². The predicted molar refractivity (Wildman–Crippen MR) is 151 cm³/mol. The third kappa shape index (κ3) is 4.11. The van der Waals surface area contributed by atoms with E-state index in [1.165, 1.54) is 16.7 Å². The van der Waals surface area contributed by atoms with E-state index < -0.39 is 0 Å². The molecule has 5 aromatic rings. The van der Waals surface area contributed by atoms with E-state index in [1.54, 1.807) is 16.0 Å². The number of aromatic nitrogens is 3. The topological polar surface area (TPSA) is 44.2 Å². The van der Waals surface area contributed by atoms with E-state index in [2.05, 4.69) is 65.4 Å². The van der Waals surface area contributed by atoms with Crippen LogP contribution in [0.5, 0.6) is 0 Å². The van der Waals surface area contributed by atoms with Crippen LogP contribution >= 0.6 is 11.3 Å². The lowest BCUT2D eigenvalue weighted by molar-refractivity contribution is 0.485. The first-order valence-corrected chi connectivity index (χ1v) is 13.6. The second-order valence-electron chi connectivity index (χ2n) is 9.77. The molecule has 5 nitrogen and oxygen atoms in total. The summed E-state index contributed by atoms with van der Waals surface area (Å²) < 4.78 is 5.96. The Kier molecular flexibility index (Phi) is 6.05. The minimum absolute atomic E-state index is 0.105. The Morgan fingerprint density at radius 1 is 0.919 bits per heavy atom. The summed E-state index contributed by atoms with van der Waals surface area (Å²) in [5, 5.41) is 2.19. The fraction of sp³-hybridized carbons (Fsp3) is 0.226. The molecule has 6 heteroatoms. The van der Waals surface area contributed by atoms with Gasteiger partial charge in [0.1, 0.15) is 0 Å². The number of thiazole rings is 1. The molecule has 0 spiro atoms. The molecule has 1 aliphatic rings. The van der Waals surface area contributed by atoms with Crippen LogP contribution in [0, 0.1) is 13.8 Å². The van der Waals surface area contributed by atoms with Gasteiger partial charge in [0.25, 0.3) is 5.56 Å². The van der Waals surface area contributed by atoms with Crippen LogP contribution in [-0.4, -0.2) is 13.9 Å². The van der Waals surface area contributed by atoms with Crippen LogP contribution in [0.1, 0.15) is 41.3 Å². The predicted octanol–water partition coefficient (Wildman–Crippen LogP) is 6.48. The normalized spacial score (nSPS) is 15.6. The van der Waals surface area contributed by atoms with Crippen molar-refractivity contribution in [3.63, 3.8) is 0 Å². The molecule has 0 aliphatic heterocycles. The molecule has 186 valence electrons. The Labute approximate surface area is 220 Å². The summed E-state index contributed by atoms with van der Waals surface area (Å²) in [5.74, 6) is 0. The Hall–Kier alpha value is -3.90. The summed E-state index contributed by atoms with van der Waals surface area (Å²) in [5.41, 5.74) is 8.36. The van der Waals surface area contributed by atoms with Crippen LogP contribution < -0.4 is 10.4 Å². The third-order valence-electron chi connectivity index (χ3n) is 7.47. The van der Waals surface area contributed by atoms with Crippen molar-refractivity contribution < 1.29 is 0 Å². The molecular weight excluding hydrogens is 476 g/mol. The van der Waals surface area contributed by atoms with Gasteiger partial charge in [-0.1, -0.05) is 72.3 Å². The fourth-order valence-corrected chi connectivity index (χ4v) is 6.36. The highest BCUT2D eigenvalue weighted by Gasteiger charge is 2.25. The first-order valence-electron chi connectivity index (χ1n) is 12.8. The maximum atomic E-state index is 13.7. The third-order valence-corrected chi connectivity index (χ3v) is 8.31. The summed E-state index contributed by atoms with van der Waals surface area (Å²) in [4.78, 5) is 19.6. The SMILES string of the molecule is Cc1ccc(-c2csc(=Nc3c(C)n(C)n(-c4ccccc4)c3=O)n2C2CCCc3ccccc32)cc1. The quantitative estimate of drug-likeness (QED) is 0.275. The average Bonchev–Trinajstić information content (AvgIpc) is 3.43. The van der Waals surface area contributed by atoms with Gasteiger partial charge in [-0.3, -0.25) is 9.48 Å². The number of nitrogens with zero attached hydrogens (tertiary/aromatic N) is 4. The van der Waals surface area contributed by atoms with E-state index in [4.69, 9.17) is 4.99 Å². The first kappa shape index (κ1) is 23.5. The average molecular weight is 507 g/mol. The highest BCUT2D eigenvalue weighted by Crippen LogP contribution is 2.36. The first-order chi connectivity index (χ1) is 18.0. The lowest BCUT2D eigenvalue weighted by Crippen LogP contribution is -2.26. The lowest BCUT2D eigenvalue weighted by atomic mass is 9.87. The fourth-order valence-electron chi connectivity index (χ4n) is 5.41. The molecule has 2 aromatic heterocycles. The van der Waals surface area contributed by atoms with Gasteiger partial charge >= 0.3 is 0 Å². The van der Waals surface area contributed by atoms with Crippen molar-refractivity contribution >= 4 is 17.0 Å². The van der Waals surface area contributed by atoms with Crippen LogP contribution in [0.15, 0.2) is 94.0 Å². The van der Waals surface area contributed by atoms with E-state index in [9.17, 15) is 4.79 Å². The van der Waals surface area contributed by atoms with E-state index in [0.29, 0.717) is 5.69 Å². The Bertz CT molecular complexity index is 1700. The Balaban J connectivity index is 1.59. The molecule has 1 aliphatic carbocycles. The number of fused-ring (bicyclic) bond motifs is 1. The molecule has 0 bridgehead atoms. The maximum Gasteiger partial charge on any atom is 0.297 e. The van der Waals surface area contributed by atoms with Gasteiger partial charge in [0.15, 0.2) is 10.5 Å². The van der Waals surface area contributed by atoms with E-state index in [1.807, 2.05) is 49.0 Å². The molecule has 0 radical (unpaired) electrons. The largest absolute Gasteiger partial charge is 0.309 e. The van der Waals surface area contributed by atoms with E-state index in [0.717, 1.165) is 46.7 Å². The zero-order chi connectivity index (χ0) is 25.5. The molecule has 3 aromatic carbocycles. The zero-order valence-electron chi connectivity index (χ0n) is 21.4. The highest BCUT2D eigenvalue weighted by molar-refractivity contribution is 7.07. The molecule has 0 amide bonds. The molecule has 1 unspecified atom stereocenters. The van der Waals surface area contributed by atoms with Gasteiger partial charge in [-0.05, 0) is 61.9 Å². The minimum atomic E-state index is -0.105. The van der Waals surface area contributed by atoms with Gasteiger partial charge in [-0.25, -0.2) is 9.67 Å². The molecule has 0 fully saturated rings. The lowest BCUT2D eigenvalue weighted by Gasteiger charge is -2.28. The van der Waals surface area contributed by atoms with Gasteiger partial charge in [-0.2, -0.15) is 0 Å². The van der Waals surface area contributed by atoms with Crippen molar-refractivity contribution in [1.82, 2.24) is 13.9 Å². The van der Waals surface area contributed by atoms with Gasteiger partial charge in [0.05, 0.1) is 23.1 Å². The second kappa shape index (κ2) is 9.52. The summed E-state index contributed by atoms with van der Waals surface area (Å²) in [6.45, 7) is 4.08. The minimum Gasteiger partial charge on any atom is -0.309 e. The number of rotatable bonds is 4. The van der Waals surface area contributed by atoms with Crippen LogP contribution in [0.2, 0.25) is 0 Å². The summed E-state index contributed by atoms with van der Waals surface area (Å²) in [6, 6.07) is 27.4. The van der Waals surface area contributed by atoms with Crippen LogP contribution in [-0.2, 0) is 13.5 Å². The van der Waals surface area contributed by atoms with Crippen molar-refractivity contribution in [3.05, 3.63) is 122 Å². The molecule has 37 heavy (non-hydrogen) atoms. The van der Waals surface area contributed by atoms with Crippen LogP contribution in [0.3, 0.4) is 0 Å². The van der Waals surface area contributed by atoms with Crippen molar-refractivity contribution in [2.24, 2.45) is 12.0 Å². The number of hydrogen-bond acceptors (Lipinski definition) is 3. The van der Waals surface area contributed by atoms with Gasteiger partial charge in [-0.15, -0.1) is 11.3 Å². The van der Waals surface area contributed by atoms with Gasteiger partial charge < -0.3 is 4.57 Å². The van der Waals surface area contributed by atoms with E-state index >= 15 is 0 Å². The van der Waals surface area contributed by atoms with Crippen LogP contribution in [0.25, 0.3) is 16.9 Å². The molecular formula is C31H30N4OS. The molecule has 0 saturated carbocycles. The van der Waals surface area contributed by atoms with Crippen molar-refractivity contribution in [2.45, 2.75) is 39.2 Å². The molecule has 1 atom stereocenters. The number of benzene rings is 3. The molecule has 6 rings (SSSR count). The van der Waals surface area contributed by atoms with Gasteiger partial charge in [0.2, 0.25) is 0 Å². The Morgan fingerprint density at radius 3 is 2.43 bits per heavy atom. The molecule has 0 N–H and O–H groups in total. The molecule has 2 heterocycles. The van der Waals surface area contributed by atoms with Crippen molar-refractivity contribution in [2.75, 3.05) is 0 Å². The maximum absolute atomic E-state index is 13.7. The van der Waals surface area contributed by atoms with Crippen molar-refractivity contribution in [3.8, 4) is 16.9 Å². The summed E-state index contributed by atoms with van der Waals surface area (Å²) in [6.07, 6.45) is 3.27. The monoisotopic (exact) mass is 506 g/mol. The smallest absolute Gasteiger partial charge is 0.297 e. The Morgan fingerprint density at radius 2 is 1.65 bits per heavy atom. The highest BCUT2D eigenvalue weighted by atomic mass is 32.1. The standard InChI is InChI=1S/C31H30N4OS/c1-21-16-18-24(19-17-21)28-20-37-31(34(28)27-15-9-11-23-10-7-8-14-26(23)27)32-29-22(2)33(3)35(30(29)36)25-12-5-4-6-13-25/h4-8,10,12-14,16-20,27H,9,11,15H2,1-3H3. The second-order valence-corrected chi connectivity index (χ2v) is 10.6. The van der Waals surface area contributed by atoms with Crippen LogP contribution in [0.4, 0.5) is 5.69 Å². The van der Waals surface area contributed by atoms with E-state index in [-0.39, 0.29) is 11.6 Å². The number of hydrogen-bond donors (Lipinski definition) is 0. The summed E-state index contributed by atoms with van der Waals surface area (Å²) >= 11 is 1.61. The number of para-hydroxylation sites is 1. The number of aryl methyl sites for hydroxylation is 2. The zero-order valence-corrected chi connectivity index (χ0v) is 22.2. The summed E-state index contributed by atoms with van der Waals surface area (Å²) in [7, 11) is 1.92.